The zero-order valence-electron chi connectivity index (χ0n) is 14.5. The monoisotopic (exact) mass is 308 g/mol. The van der Waals surface area contributed by atoms with Crippen LogP contribution in [0, 0.1) is 6.92 Å². The van der Waals surface area contributed by atoms with E-state index in [9.17, 15) is 0 Å². The SMILES string of the molecule is Cc1ccccc1C1CC(NC[C@H](c2ccccc2)N(C)C)C1. The third-order valence-electron chi connectivity index (χ3n) is 5.17. The Labute approximate surface area is 140 Å². The molecule has 0 heterocycles. The highest BCUT2D eigenvalue weighted by Gasteiger charge is 2.31. The smallest absolute Gasteiger partial charge is 0.0466 e. The van der Waals surface area contributed by atoms with E-state index in [0.29, 0.717) is 12.1 Å². The van der Waals surface area contributed by atoms with E-state index in [1.807, 2.05) is 0 Å². The highest BCUT2D eigenvalue weighted by Crippen LogP contribution is 2.38. The van der Waals surface area contributed by atoms with Crippen molar-refractivity contribution in [1.82, 2.24) is 10.2 Å². The fourth-order valence-electron chi connectivity index (χ4n) is 3.64. The molecule has 2 aromatic carbocycles. The van der Waals surface area contributed by atoms with Crippen molar-refractivity contribution in [2.24, 2.45) is 0 Å². The molecule has 0 unspecified atom stereocenters. The van der Waals surface area contributed by atoms with Crippen LogP contribution in [0.3, 0.4) is 0 Å². The number of nitrogens with one attached hydrogen (secondary N) is 1. The summed E-state index contributed by atoms with van der Waals surface area (Å²) < 4.78 is 0. The van der Waals surface area contributed by atoms with Gasteiger partial charge in [-0.2, -0.15) is 0 Å². The lowest BCUT2D eigenvalue weighted by Crippen LogP contribution is -2.43. The molecule has 1 atom stereocenters. The Morgan fingerprint density at radius 1 is 1.00 bits per heavy atom. The first-order valence-electron chi connectivity index (χ1n) is 8.65. The predicted molar refractivity (Wildman–Crippen MR) is 97.8 cm³/mol. The highest BCUT2D eigenvalue weighted by atomic mass is 15.1. The van der Waals surface area contributed by atoms with Gasteiger partial charge in [-0.1, -0.05) is 54.6 Å². The second-order valence-electron chi connectivity index (χ2n) is 7.02. The maximum atomic E-state index is 3.78. The molecule has 0 spiro atoms. The molecule has 1 saturated carbocycles. The molecule has 2 heteroatoms. The minimum Gasteiger partial charge on any atom is -0.312 e. The predicted octanol–water partition coefficient (Wildman–Crippen LogP) is 4.13. The van der Waals surface area contributed by atoms with Crippen LogP contribution < -0.4 is 5.32 Å². The summed E-state index contributed by atoms with van der Waals surface area (Å²) >= 11 is 0. The van der Waals surface area contributed by atoms with Gasteiger partial charge in [-0.05, 0) is 56.5 Å². The lowest BCUT2D eigenvalue weighted by Gasteiger charge is -2.38. The van der Waals surface area contributed by atoms with Crippen LogP contribution >= 0.6 is 0 Å². The van der Waals surface area contributed by atoms with E-state index in [1.165, 1.54) is 29.5 Å². The standard InChI is InChI=1S/C21H28N2/c1-16-9-7-8-12-20(16)18-13-19(14-18)22-15-21(23(2)3)17-10-5-4-6-11-17/h4-12,18-19,21-22H,13-15H2,1-3H3/t18?,19?,21-/m1/s1. The Kier molecular flexibility index (Phi) is 5.14. The van der Waals surface area contributed by atoms with E-state index in [-0.39, 0.29) is 0 Å². The number of hydrogen-bond acceptors (Lipinski definition) is 2. The largest absolute Gasteiger partial charge is 0.312 e. The van der Waals surface area contributed by atoms with Gasteiger partial charge in [0.15, 0.2) is 0 Å². The molecular weight excluding hydrogens is 280 g/mol. The number of benzene rings is 2. The zero-order chi connectivity index (χ0) is 16.2. The van der Waals surface area contributed by atoms with Gasteiger partial charge in [0.1, 0.15) is 0 Å². The van der Waals surface area contributed by atoms with Gasteiger partial charge in [0, 0.05) is 18.6 Å². The quantitative estimate of drug-likeness (QED) is 0.863. The van der Waals surface area contributed by atoms with Crippen LogP contribution in [0.4, 0.5) is 0 Å². The normalized spacial score (nSPS) is 21.9. The van der Waals surface area contributed by atoms with Crippen LogP contribution in [0.25, 0.3) is 0 Å². The van der Waals surface area contributed by atoms with E-state index < -0.39 is 0 Å². The van der Waals surface area contributed by atoms with Crippen LogP contribution in [0.5, 0.6) is 0 Å². The molecule has 1 aliphatic rings. The maximum Gasteiger partial charge on any atom is 0.0466 e. The molecule has 122 valence electrons. The number of aryl methyl sites for hydroxylation is 1. The first-order chi connectivity index (χ1) is 11.1. The molecule has 0 aliphatic heterocycles. The minimum atomic E-state index is 0.439. The molecule has 1 fully saturated rings. The third kappa shape index (κ3) is 3.82. The van der Waals surface area contributed by atoms with Crippen molar-refractivity contribution < 1.29 is 0 Å². The molecule has 0 saturated heterocycles. The van der Waals surface area contributed by atoms with E-state index in [2.05, 4.69) is 85.8 Å². The average Bonchev–Trinajstić information content (AvgIpc) is 2.51. The zero-order valence-corrected chi connectivity index (χ0v) is 14.5. The van der Waals surface area contributed by atoms with Crippen molar-refractivity contribution in [2.75, 3.05) is 20.6 Å². The molecule has 3 rings (SSSR count). The Morgan fingerprint density at radius 3 is 2.30 bits per heavy atom. The van der Waals surface area contributed by atoms with Crippen LogP contribution in [0.15, 0.2) is 54.6 Å². The Balaban J connectivity index is 1.53. The van der Waals surface area contributed by atoms with Gasteiger partial charge in [0.05, 0.1) is 0 Å². The molecule has 2 aromatic rings. The second kappa shape index (κ2) is 7.29. The van der Waals surface area contributed by atoms with Gasteiger partial charge >= 0.3 is 0 Å². The minimum absolute atomic E-state index is 0.439. The summed E-state index contributed by atoms with van der Waals surface area (Å²) in [5.41, 5.74) is 4.36. The first kappa shape index (κ1) is 16.2. The summed E-state index contributed by atoms with van der Waals surface area (Å²) in [6, 6.07) is 20.7. The lowest BCUT2D eigenvalue weighted by molar-refractivity contribution is 0.237. The summed E-state index contributed by atoms with van der Waals surface area (Å²) in [7, 11) is 4.33. The summed E-state index contributed by atoms with van der Waals surface area (Å²) in [4.78, 5) is 2.31. The summed E-state index contributed by atoms with van der Waals surface area (Å²) in [6.45, 7) is 3.25. The Bertz CT molecular complexity index is 615. The topological polar surface area (TPSA) is 15.3 Å². The molecule has 0 bridgehead atoms. The summed E-state index contributed by atoms with van der Waals surface area (Å²) in [6.07, 6.45) is 2.53. The van der Waals surface area contributed by atoms with Crippen LogP contribution in [-0.2, 0) is 0 Å². The van der Waals surface area contributed by atoms with Gasteiger partial charge in [0.25, 0.3) is 0 Å². The fraction of sp³-hybridized carbons (Fsp3) is 0.429. The molecule has 1 aliphatic carbocycles. The van der Waals surface area contributed by atoms with Crippen molar-refractivity contribution in [3.8, 4) is 0 Å². The molecule has 23 heavy (non-hydrogen) atoms. The van der Waals surface area contributed by atoms with Gasteiger partial charge < -0.3 is 10.2 Å². The Hall–Kier alpha value is -1.64. The van der Waals surface area contributed by atoms with E-state index in [4.69, 9.17) is 0 Å². The number of likely N-dealkylation sites (N-methyl/N-ethyl adjacent to an activating group) is 1. The third-order valence-corrected chi connectivity index (χ3v) is 5.17. The van der Waals surface area contributed by atoms with Crippen molar-refractivity contribution in [2.45, 2.75) is 37.8 Å². The van der Waals surface area contributed by atoms with E-state index in [1.54, 1.807) is 0 Å². The number of hydrogen-bond donors (Lipinski definition) is 1. The van der Waals surface area contributed by atoms with Crippen molar-refractivity contribution in [3.63, 3.8) is 0 Å². The van der Waals surface area contributed by atoms with Gasteiger partial charge in [-0.3, -0.25) is 0 Å². The molecule has 0 aromatic heterocycles. The number of nitrogens with zero attached hydrogens (tertiary/aromatic N) is 1. The van der Waals surface area contributed by atoms with Crippen molar-refractivity contribution >= 4 is 0 Å². The van der Waals surface area contributed by atoms with Crippen LogP contribution in [-0.4, -0.2) is 31.6 Å². The molecule has 2 nitrogen and oxygen atoms in total. The van der Waals surface area contributed by atoms with E-state index in [0.717, 1.165) is 12.5 Å². The molecular formula is C21H28N2. The van der Waals surface area contributed by atoms with Gasteiger partial charge in [-0.25, -0.2) is 0 Å². The molecule has 1 N–H and O–H groups in total. The number of rotatable bonds is 6. The second-order valence-corrected chi connectivity index (χ2v) is 7.02. The Morgan fingerprint density at radius 2 is 1.65 bits per heavy atom. The van der Waals surface area contributed by atoms with Crippen molar-refractivity contribution in [3.05, 3.63) is 71.3 Å². The summed E-state index contributed by atoms with van der Waals surface area (Å²) in [5, 5.41) is 3.78. The summed E-state index contributed by atoms with van der Waals surface area (Å²) in [5.74, 6) is 0.739. The van der Waals surface area contributed by atoms with Gasteiger partial charge in [-0.15, -0.1) is 0 Å². The molecule has 0 amide bonds. The van der Waals surface area contributed by atoms with Gasteiger partial charge in [0.2, 0.25) is 0 Å². The fourth-order valence-corrected chi connectivity index (χ4v) is 3.64. The maximum absolute atomic E-state index is 3.78. The highest BCUT2D eigenvalue weighted by molar-refractivity contribution is 5.31. The van der Waals surface area contributed by atoms with Crippen LogP contribution in [0.2, 0.25) is 0 Å². The average molecular weight is 308 g/mol. The van der Waals surface area contributed by atoms with E-state index >= 15 is 0 Å². The molecule has 0 radical (unpaired) electrons. The van der Waals surface area contributed by atoms with Crippen molar-refractivity contribution in [1.29, 1.82) is 0 Å². The lowest BCUT2D eigenvalue weighted by atomic mass is 9.74. The van der Waals surface area contributed by atoms with Crippen LogP contribution in [0.1, 0.15) is 41.5 Å². The first-order valence-corrected chi connectivity index (χ1v) is 8.65.